The summed E-state index contributed by atoms with van der Waals surface area (Å²) in [6, 6.07) is 22.1. The average molecular weight is 545 g/mol. The molecule has 5 nitrogen and oxygen atoms in total. The van der Waals surface area contributed by atoms with Crippen LogP contribution >= 0.6 is 34.2 Å². The number of anilines is 1. The fraction of sp³-hybridized carbons (Fsp3) is 0.0833. The monoisotopic (exact) mass is 544 g/mol. The molecule has 0 heterocycles. The zero-order valence-corrected chi connectivity index (χ0v) is 19.5. The van der Waals surface area contributed by atoms with Gasteiger partial charge >= 0.3 is 0 Å². The zero-order chi connectivity index (χ0) is 22.2. The first-order valence-corrected chi connectivity index (χ1v) is 10.7. The number of halogens is 2. The molecule has 0 spiro atoms. The summed E-state index contributed by atoms with van der Waals surface area (Å²) in [6.07, 6.45) is 1.45. The van der Waals surface area contributed by atoms with Gasteiger partial charge in [-0.15, -0.1) is 0 Å². The fourth-order valence-electron chi connectivity index (χ4n) is 2.73. The molecule has 0 aromatic heterocycles. The highest BCUT2D eigenvalue weighted by Crippen LogP contribution is 2.37. The summed E-state index contributed by atoms with van der Waals surface area (Å²) in [5.74, 6) is 0.292. The molecule has 3 aromatic carbocycles. The molecule has 3 aromatic rings. The Balaban J connectivity index is 1.81. The number of methoxy groups -OCH3 is 1. The van der Waals surface area contributed by atoms with E-state index in [-0.39, 0.29) is 5.57 Å². The van der Waals surface area contributed by atoms with Crippen molar-refractivity contribution in [2.24, 2.45) is 0 Å². The minimum absolute atomic E-state index is 0.0606. The van der Waals surface area contributed by atoms with Crippen molar-refractivity contribution in [1.82, 2.24) is 0 Å². The lowest BCUT2D eigenvalue weighted by molar-refractivity contribution is -0.112. The van der Waals surface area contributed by atoms with E-state index in [9.17, 15) is 10.1 Å². The van der Waals surface area contributed by atoms with Crippen LogP contribution in [-0.4, -0.2) is 13.0 Å². The molecule has 0 radical (unpaired) electrons. The summed E-state index contributed by atoms with van der Waals surface area (Å²) in [5.41, 5.74) is 2.08. The normalized spacial score (nSPS) is 10.8. The molecule has 7 heteroatoms. The molecule has 1 amide bonds. The number of hydrogen-bond donors (Lipinski definition) is 1. The number of ether oxygens (including phenoxy) is 2. The first kappa shape index (κ1) is 22.7. The molecule has 3 rings (SSSR count). The second-order valence-corrected chi connectivity index (χ2v) is 8.09. The van der Waals surface area contributed by atoms with Gasteiger partial charge in [0, 0.05) is 9.26 Å². The molecule has 0 fully saturated rings. The fourth-order valence-corrected chi connectivity index (χ4v) is 3.37. The topological polar surface area (TPSA) is 71.3 Å². The SMILES string of the molecule is COc1cc(/C=C(/C#N)C(=O)Nc2ccccc2)cc(Cl)c1OCc1ccc(I)cc1. The largest absolute Gasteiger partial charge is 0.493 e. The lowest BCUT2D eigenvalue weighted by Gasteiger charge is -2.14. The van der Waals surface area contributed by atoms with E-state index in [1.807, 2.05) is 36.4 Å². The van der Waals surface area contributed by atoms with E-state index in [1.54, 1.807) is 36.4 Å². The summed E-state index contributed by atoms with van der Waals surface area (Å²) < 4.78 is 12.4. The van der Waals surface area contributed by atoms with Gasteiger partial charge < -0.3 is 14.8 Å². The van der Waals surface area contributed by atoms with Crippen molar-refractivity contribution < 1.29 is 14.3 Å². The van der Waals surface area contributed by atoms with Gasteiger partial charge in [0.05, 0.1) is 12.1 Å². The molecule has 0 aliphatic heterocycles. The Morgan fingerprint density at radius 3 is 2.52 bits per heavy atom. The molecule has 0 saturated carbocycles. The third-order valence-electron chi connectivity index (χ3n) is 4.26. The molecule has 0 atom stereocenters. The van der Waals surface area contributed by atoms with Crippen LogP contribution in [0.4, 0.5) is 5.69 Å². The van der Waals surface area contributed by atoms with Gasteiger partial charge in [-0.2, -0.15) is 5.26 Å². The number of nitriles is 1. The average Bonchev–Trinajstić information content (AvgIpc) is 2.78. The maximum Gasteiger partial charge on any atom is 0.266 e. The maximum absolute atomic E-state index is 12.4. The molecule has 31 heavy (non-hydrogen) atoms. The van der Waals surface area contributed by atoms with Crippen LogP contribution < -0.4 is 14.8 Å². The highest BCUT2D eigenvalue weighted by Gasteiger charge is 2.14. The molecule has 156 valence electrons. The summed E-state index contributed by atoms with van der Waals surface area (Å²) in [5, 5.41) is 12.5. The predicted molar refractivity (Wildman–Crippen MR) is 130 cm³/mol. The number of nitrogens with one attached hydrogen (secondary N) is 1. The predicted octanol–water partition coefficient (Wildman–Crippen LogP) is 6.08. The molecule has 0 unspecified atom stereocenters. The van der Waals surface area contributed by atoms with E-state index in [0.29, 0.717) is 34.4 Å². The molecule has 0 aliphatic carbocycles. The quantitative estimate of drug-likeness (QED) is 0.222. The third-order valence-corrected chi connectivity index (χ3v) is 5.26. The molecule has 1 N–H and O–H groups in total. The van der Waals surface area contributed by atoms with E-state index < -0.39 is 5.91 Å². The first-order valence-electron chi connectivity index (χ1n) is 9.23. The van der Waals surface area contributed by atoms with Crippen molar-refractivity contribution >= 4 is 51.9 Å². The molecular weight excluding hydrogens is 527 g/mol. The van der Waals surface area contributed by atoms with Crippen molar-refractivity contribution in [2.45, 2.75) is 6.61 Å². The number of amides is 1. The summed E-state index contributed by atoms with van der Waals surface area (Å²) in [6.45, 7) is 0.325. The number of carbonyl (C=O) groups excluding carboxylic acids is 1. The van der Waals surface area contributed by atoms with Crippen LogP contribution in [-0.2, 0) is 11.4 Å². The lowest BCUT2D eigenvalue weighted by Crippen LogP contribution is -2.13. The van der Waals surface area contributed by atoms with Crippen LogP contribution in [0.2, 0.25) is 5.02 Å². The van der Waals surface area contributed by atoms with Gasteiger partial charge in [0.25, 0.3) is 5.91 Å². The minimum atomic E-state index is -0.511. The second kappa shape index (κ2) is 10.8. The van der Waals surface area contributed by atoms with Gasteiger partial charge in [0.2, 0.25) is 0 Å². The second-order valence-electron chi connectivity index (χ2n) is 6.44. The van der Waals surface area contributed by atoms with Crippen LogP contribution in [0.15, 0.2) is 72.3 Å². The molecule has 0 aliphatic rings. The standard InChI is InChI=1S/C24H18ClIN2O3/c1-30-22-13-17(11-18(14-27)24(29)28-20-5-3-2-4-6-20)12-21(25)23(22)31-15-16-7-9-19(26)10-8-16/h2-13H,15H2,1H3,(H,28,29)/b18-11-. The van der Waals surface area contributed by atoms with E-state index in [2.05, 4.69) is 27.9 Å². The van der Waals surface area contributed by atoms with Crippen molar-refractivity contribution in [3.63, 3.8) is 0 Å². The van der Waals surface area contributed by atoms with Gasteiger partial charge in [-0.1, -0.05) is 41.9 Å². The Labute approximate surface area is 199 Å². The van der Waals surface area contributed by atoms with Crippen LogP contribution in [0.3, 0.4) is 0 Å². The highest BCUT2D eigenvalue weighted by molar-refractivity contribution is 14.1. The summed E-state index contributed by atoms with van der Waals surface area (Å²) in [7, 11) is 1.50. The number of carbonyl (C=O) groups is 1. The van der Waals surface area contributed by atoms with E-state index >= 15 is 0 Å². The van der Waals surface area contributed by atoms with E-state index in [1.165, 1.54) is 13.2 Å². The number of rotatable bonds is 7. The van der Waals surface area contributed by atoms with E-state index in [0.717, 1.165) is 9.13 Å². The molecule has 0 saturated heterocycles. The van der Waals surface area contributed by atoms with Crippen molar-refractivity contribution in [1.29, 1.82) is 5.26 Å². The third kappa shape index (κ3) is 6.23. The van der Waals surface area contributed by atoms with Crippen LogP contribution in [0.5, 0.6) is 11.5 Å². The maximum atomic E-state index is 12.4. The Morgan fingerprint density at radius 2 is 1.87 bits per heavy atom. The smallest absolute Gasteiger partial charge is 0.266 e. The van der Waals surface area contributed by atoms with Crippen molar-refractivity contribution in [3.8, 4) is 17.6 Å². The Hall–Kier alpha value is -3.02. The number of benzene rings is 3. The number of nitrogens with zero attached hydrogens (tertiary/aromatic N) is 1. The van der Waals surface area contributed by atoms with Gasteiger partial charge in [0.15, 0.2) is 11.5 Å². The number of hydrogen-bond acceptors (Lipinski definition) is 4. The Morgan fingerprint density at radius 1 is 1.16 bits per heavy atom. The minimum Gasteiger partial charge on any atom is -0.493 e. The zero-order valence-electron chi connectivity index (χ0n) is 16.6. The molecular formula is C24H18ClIN2O3. The Bertz CT molecular complexity index is 1140. The van der Waals surface area contributed by atoms with Crippen LogP contribution in [0.1, 0.15) is 11.1 Å². The first-order chi connectivity index (χ1) is 15.0. The van der Waals surface area contributed by atoms with Crippen LogP contribution in [0.25, 0.3) is 6.08 Å². The number of para-hydroxylation sites is 1. The lowest BCUT2D eigenvalue weighted by atomic mass is 10.1. The van der Waals surface area contributed by atoms with Crippen LogP contribution in [0, 0.1) is 14.9 Å². The van der Waals surface area contributed by atoms with Crippen molar-refractivity contribution in [2.75, 3.05) is 12.4 Å². The Kier molecular flexibility index (Phi) is 7.93. The summed E-state index contributed by atoms with van der Waals surface area (Å²) >= 11 is 8.66. The van der Waals surface area contributed by atoms with E-state index in [4.69, 9.17) is 21.1 Å². The summed E-state index contributed by atoms with van der Waals surface area (Å²) in [4.78, 5) is 12.4. The van der Waals surface area contributed by atoms with Gasteiger partial charge in [0.1, 0.15) is 18.2 Å². The highest BCUT2D eigenvalue weighted by atomic mass is 127. The molecule has 0 bridgehead atoms. The van der Waals surface area contributed by atoms with Gasteiger partial charge in [-0.05, 0) is 76.2 Å². The van der Waals surface area contributed by atoms with Gasteiger partial charge in [-0.25, -0.2) is 0 Å². The van der Waals surface area contributed by atoms with Gasteiger partial charge in [-0.3, -0.25) is 4.79 Å². The van der Waals surface area contributed by atoms with Crippen molar-refractivity contribution in [3.05, 3.63) is 92.0 Å².